The lowest BCUT2D eigenvalue weighted by molar-refractivity contribution is -0.140. The number of aromatic nitrogens is 2. The molecule has 2 atom stereocenters. The van der Waals surface area contributed by atoms with Crippen molar-refractivity contribution in [1.82, 2.24) is 19.9 Å². The molecule has 38 heavy (non-hydrogen) atoms. The van der Waals surface area contributed by atoms with E-state index in [4.69, 9.17) is 14.2 Å². The van der Waals surface area contributed by atoms with Crippen molar-refractivity contribution in [3.05, 3.63) is 11.7 Å². The maximum absolute atomic E-state index is 13.7. The van der Waals surface area contributed by atoms with Gasteiger partial charge in [0.1, 0.15) is 11.6 Å². The summed E-state index contributed by atoms with van der Waals surface area (Å²) < 4.78 is 38.5. The minimum Gasteiger partial charge on any atom is -0.444 e. The van der Waals surface area contributed by atoms with Gasteiger partial charge in [0.15, 0.2) is 5.82 Å². The molecule has 4 rings (SSSR count). The van der Waals surface area contributed by atoms with Crippen molar-refractivity contribution >= 4 is 12.0 Å². The van der Waals surface area contributed by atoms with Crippen molar-refractivity contribution in [2.24, 2.45) is 11.8 Å². The van der Waals surface area contributed by atoms with Crippen molar-refractivity contribution in [2.45, 2.75) is 122 Å². The molecule has 2 amide bonds. The molecule has 214 valence electrons. The molecule has 2 saturated heterocycles. The number of halogens is 2. The van der Waals surface area contributed by atoms with Crippen LogP contribution in [0.3, 0.4) is 0 Å². The maximum Gasteiger partial charge on any atom is 0.410 e. The van der Waals surface area contributed by atoms with Crippen LogP contribution in [0.15, 0.2) is 4.52 Å². The smallest absolute Gasteiger partial charge is 0.410 e. The minimum atomic E-state index is -2.60. The summed E-state index contributed by atoms with van der Waals surface area (Å²) in [5, 5.41) is 4.34. The van der Waals surface area contributed by atoms with Gasteiger partial charge in [0.05, 0.1) is 0 Å². The fraction of sp³-hybridized carbons (Fsp3) is 0.857. The average Bonchev–Trinajstić information content (AvgIpc) is 3.33. The zero-order valence-electron chi connectivity index (χ0n) is 23.8. The fourth-order valence-corrected chi connectivity index (χ4v) is 6.22. The largest absolute Gasteiger partial charge is 0.444 e. The summed E-state index contributed by atoms with van der Waals surface area (Å²) in [5.41, 5.74) is -0.988. The third-order valence-corrected chi connectivity index (χ3v) is 8.76. The highest BCUT2D eigenvalue weighted by atomic mass is 19.3. The molecule has 3 aliphatic rings. The van der Waals surface area contributed by atoms with Crippen LogP contribution >= 0.6 is 0 Å². The van der Waals surface area contributed by atoms with E-state index in [-0.39, 0.29) is 36.0 Å². The molecule has 0 bridgehead atoms. The summed E-state index contributed by atoms with van der Waals surface area (Å²) in [6.45, 7) is 13.4. The Labute approximate surface area is 224 Å². The number of hydrogen-bond donors (Lipinski definition) is 0. The van der Waals surface area contributed by atoms with Crippen molar-refractivity contribution < 1.29 is 27.6 Å². The molecule has 3 fully saturated rings. The van der Waals surface area contributed by atoms with Gasteiger partial charge in [-0.05, 0) is 71.1 Å². The normalized spacial score (nSPS) is 26.4. The number of carbonyl (C=O) groups is 2. The lowest BCUT2D eigenvalue weighted by Gasteiger charge is -2.45. The van der Waals surface area contributed by atoms with E-state index in [1.54, 1.807) is 4.90 Å². The second-order valence-electron chi connectivity index (χ2n) is 13.1. The third kappa shape index (κ3) is 6.14. The Hall–Kier alpha value is -2.26. The number of ether oxygens (including phenoxy) is 1. The second-order valence-corrected chi connectivity index (χ2v) is 13.1. The molecule has 2 aliphatic heterocycles. The van der Waals surface area contributed by atoms with E-state index in [1.807, 2.05) is 25.7 Å². The first-order valence-electron chi connectivity index (χ1n) is 14.2. The molecule has 0 N–H and O–H groups in total. The van der Waals surface area contributed by atoms with E-state index < -0.39 is 23.7 Å². The topological polar surface area (TPSA) is 88.8 Å². The van der Waals surface area contributed by atoms with E-state index in [0.29, 0.717) is 69.4 Å². The molecule has 1 aromatic heterocycles. The highest BCUT2D eigenvalue weighted by Gasteiger charge is 2.47. The summed E-state index contributed by atoms with van der Waals surface area (Å²) in [5.74, 6) is -1.18. The predicted octanol–water partition coefficient (Wildman–Crippen LogP) is 5.91. The summed E-state index contributed by atoms with van der Waals surface area (Å²) in [6, 6.07) is -0.520. The van der Waals surface area contributed by atoms with Crippen LogP contribution in [-0.4, -0.2) is 69.1 Å². The highest BCUT2D eigenvalue weighted by Crippen LogP contribution is 2.44. The highest BCUT2D eigenvalue weighted by molar-refractivity contribution is 5.86. The Balaban J connectivity index is 1.44. The van der Waals surface area contributed by atoms with Gasteiger partial charge in [0.25, 0.3) is 0 Å². The zero-order valence-corrected chi connectivity index (χ0v) is 23.8. The van der Waals surface area contributed by atoms with Crippen LogP contribution in [0, 0.1) is 11.8 Å². The number of carbonyl (C=O) groups excluding carboxylic acids is 2. The van der Waals surface area contributed by atoms with Gasteiger partial charge >= 0.3 is 6.09 Å². The quantitative estimate of drug-likeness (QED) is 0.473. The first-order chi connectivity index (χ1) is 17.7. The average molecular weight is 539 g/mol. The van der Waals surface area contributed by atoms with E-state index in [1.165, 1.54) is 0 Å². The molecular formula is C28H44F2N4O4. The molecular weight excluding hydrogens is 494 g/mol. The first-order valence-corrected chi connectivity index (χ1v) is 14.2. The van der Waals surface area contributed by atoms with Crippen molar-refractivity contribution in [3.63, 3.8) is 0 Å². The molecule has 1 unspecified atom stereocenters. The van der Waals surface area contributed by atoms with E-state index in [2.05, 4.69) is 25.9 Å². The zero-order chi connectivity index (χ0) is 27.9. The number of hydrogen-bond acceptors (Lipinski definition) is 6. The van der Waals surface area contributed by atoms with Crippen LogP contribution in [0.5, 0.6) is 0 Å². The monoisotopic (exact) mass is 538 g/mol. The van der Waals surface area contributed by atoms with E-state index in [9.17, 15) is 18.4 Å². The number of likely N-dealkylation sites (tertiary alicyclic amines) is 2. The van der Waals surface area contributed by atoms with E-state index in [0.717, 1.165) is 6.42 Å². The molecule has 3 heterocycles. The number of piperidine rings is 2. The Morgan fingerprint density at radius 3 is 2.26 bits per heavy atom. The van der Waals surface area contributed by atoms with Gasteiger partial charge < -0.3 is 14.2 Å². The SMILES string of the molecule is CC1CC[C@@H](C(=O)N2CCC(c3noc(C4CCC(F)(F)CC4)n3)(C(C)C)CC2)N(C(=O)OC(C)(C)C)C1. The first kappa shape index (κ1) is 28.7. The Kier molecular flexibility index (Phi) is 8.11. The van der Waals surface area contributed by atoms with Gasteiger partial charge in [-0.25, -0.2) is 13.6 Å². The molecule has 0 radical (unpaired) electrons. The van der Waals surface area contributed by atoms with Gasteiger partial charge in [0.2, 0.25) is 17.7 Å². The van der Waals surface area contributed by atoms with Crippen LogP contribution in [0.25, 0.3) is 0 Å². The second kappa shape index (κ2) is 10.7. The molecule has 0 aromatic carbocycles. The van der Waals surface area contributed by atoms with Crippen LogP contribution in [0.1, 0.15) is 111 Å². The summed E-state index contributed by atoms with van der Waals surface area (Å²) >= 11 is 0. The number of rotatable bonds is 4. The number of alkyl halides is 2. The van der Waals surface area contributed by atoms with E-state index >= 15 is 0 Å². The molecule has 8 nitrogen and oxygen atoms in total. The van der Waals surface area contributed by atoms with Gasteiger partial charge in [0, 0.05) is 43.8 Å². The van der Waals surface area contributed by atoms with Crippen LogP contribution in [0.4, 0.5) is 13.6 Å². The molecule has 0 spiro atoms. The molecule has 1 aliphatic carbocycles. The number of nitrogens with zero attached hydrogens (tertiary/aromatic N) is 4. The van der Waals surface area contributed by atoms with Crippen molar-refractivity contribution in [2.75, 3.05) is 19.6 Å². The summed E-state index contributed by atoms with van der Waals surface area (Å²) in [6.07, 6.45) is 2.82. The molecule has 1 saturated carbocycles. The summed E-state index contributed by atoms with van der Waals surface area (Å²) in [7, 11) is 0. The fourth-order valence-electron chi connectivity index (χ4n) is 6.22. The lowest BCUT2D eigenvalue weighted by atomic mass is 9.69. The van der Waals surface area contributed by atoms with Crippen LogP contribution in [0.2, 0.25) is 0 Å². The van der Waals surface area contributed by atoms with Gasteiger partial charge in [-0.15, -0.1) is 0 Å². The van der Waals surface area contributed by atoms with Crippen LogP contribution in [-0.2, 0) is 14.9 Å². The summed E-state index contributed by atoms with van der Waals surface area (Å²) in [4.78, 5) is 34.9. The van der Waals surface area contributed by atoms with Gasteiger partial charge in [-0.2, -0.15) is 4.98 Å². The van der Waals surface area contributed by atoms with Gasteiger partial charge in [-0.1, -0.05) is 25.9 Å². The Morgan fingerprint density at radius 2 is 1.68 bits per heavy atom. The lowest BCUT2D eigenvalue weighted by Crippen LogP contribution is -2.57. The van der Waals surface area contributed by atoms with Crippen molar-refractivity contribution in [3.8, 4) is 0 Å². The van der Waals surface area contributed by atoms with Crippen LogP contribution < -0.4 is 0 Å². The third-order valence-electron chi connectivity index (χ3n) is 8.76. The minimum absolute atomic E-state index is 0.0305. The molecule has 1 aromatic rings. The Bertz CT molecular complexity index is 987. The predicted molar refractivity (Wildman–Crippen MR) is 138 cm³/mol. The van der Waals surface area contributed by atoms with Gasteiger partial charge in [-0.3, -0.25) is 9.69 Å². The van der Waals surface area contributed by atoms with Crippen molar-refractivity contribution in [1.29, 1.82) is 0 Å². The Morgan fingerprint density at radius 1 is 1.05 bits per heavy atom. The number of amides is 2. The molecule has 10 heteroatoms. The maximum atomic E-state index is 13.7. The standard InChI is InChI=1S/C28H44F2N4O4/c1-18(2)27(24-31-22(38-32-24)20-9-11-28(29,30)12-10-20)13-15-33(16-14-27)23(35)21-8-7-19(3)17-34(21)25(36)37-26(4,5)6/h18-21H,7-17H2,1-6H3/t19?,21-/m0/s1.